The first-order chi connectivity index (χ1) is 8.68. The third-order valence-electron chi connectivity index (χ3n) is 2.82. The van der Waals surface area contributed by atoms with Crippen molar-refractivity contribution in [2.24, 2.45) is 7.05 Å². The summed E-state index contributed by atoms with van der Waals surface area (Å²) in [7, 11) is 6.02. The third kappa shape index (κ3) is 2.87. The second kappa shape index (κ2) is 5.64. The van der Waals surface area contributed by atoms with Crippen LogP contribution in [-0.4, -0.2) is 28.6 Å². The number of nitrogens with zero attached hydrogens (tertiary/aromatic N) is 4. The van der Waals surface area contributed by atoms with Crippen molar-refractivity contribution in [3.63, 3.8) is 0 Å². The molecule has 0 amide bonds. The van der Waals surface area contributed by atoms with E-state index in [0.717, 1.165) is 19.0 Å². The van der Waals surface area contributed by atoms with E-state index in [0.29, 0.717) is 0 Å². The smallest absolute Gasteiger partial charge is 0.204 e. The number of rotatable bonds is 5. The highest BCUT2D eigenvalue weighted by molar-refractivity contribution is 5.30. The van der Waals surface area contributed by atoms with Crippen LogP contribution in [0.15, 0.2) is 30.7 Å². The molecule has 18 heavy (non-hydrogen) atoms. The Morgan fingerprint density at radius 1 is 1.28 bits per heavy atom. The van der Waals surface area contributed by atoms with Crippen LogP contribution in [0, 0.1) is 0 Å². The fourth-order valence-electron chi connectivity index (χ4n) is 1.85. The van der Waals surface area contributed by atoms with Gasteiger partial charge in [-0.1, -0.05) is 6.07 Å². The molecule has 0 unspecified atom stereocenters. The summed E-state index contributed by atoms with van der Waals surface area (Å²) in [5.41, 5.74) is 2.36. The lowest BCUT2D eigenvalue weighted by Crippen LogP contribution is -2.18. The van der Waals surface area contributed by atoms with Gasteiger partial charge >= 0.3 is 0 Å². The molecule has 5 nitrogen and oxygen atoms in total. The predicted molar refractivity (Wildman–Crippen MR) is 72.3 cm³/mol. The number of hydrogen-bond acceptors (Lipinski definition) is 4. The molecule has 0 atom stereocenters. The van der Waals surface area contributed by atoms with Gasteiger partial charge in [0.05, 0.1) is 11.9 Å². The molecule has 0 radical (unpaired) electrons. The second-order valence-electron chi connectivity index (χ2n) is 4.47. The molecule has 2 heterocycles. The summed E-state index contributed by atoms with van der Waals surface area (Å²) < 4.78 is 2.09. The van der Waals surface area contributed by atoms with Crippen molar-refractivity contribution in [3.8, 4) is 0 Å². The van der Waals surface area contributed by atoms with E-state index in [9.17, 15) is 0 Å². The molecule has 0 spiro atoms. The number of aromatic nitrogens is 3. The second-order valence-corrected chi connectivity index (χ2v) is 4.47. The van der Waals surface area contributed by atoms with Crippen molar-refractivity contribution in [1.82, 2.24) is 19.9 Å². The van der Waals surface area contributed by atoms with Gasteiger partial charge in [0.1, 0.15) is 0 Å². The quantitative estimate of drug-likeness (QED) is 0.859. The molecule has 2 aromatic rings. The molecular formula is C13H19N5. The highest BCUT2D eigenvalue weighted by Gasteiger charge is 2.07. The Hall–Kier alpha value is -1.88. The summed E-state index contributed by atoms with van der Waals surface area (Å²) >= 11 is 0. The first-order valence-corrected chi connectivity index (χ1v) is 5.96. The molecule has 0 aliphatic carbocycles. The van der Waals surface area contributed by atoms with E-state index in [1.807, 2.05) is 44.5 Å². The molecule has 0 saturated heterocycles. The van der Waals surface area contributed by atoms with Crippen LogP contribution in [0.3, 0.4) is 0 Å². The van der Waals surface area contributed by atoms with Crippen molar-refractivity contribution in [2.45, 2.75) is 13.1 Å². The molecule has 0 saturated carbocycles. The minimum absolute atomic E-state index is 0.798. The molecule has 0 bridgehead atoms. The van der Waals surface area contributed by atoms with Gasteiger partial charge < -0.3 is 14.8 Å². The normalized spacial score (nSPS) is 10.6. The third-order valence-corrected chi connectivity index (χ3v) is 2.82. The van der Waals surface area contributed by atoms with Gasteiger partial charge in [-0.05, 0) is 11.6 Å². The van der Waals surface area contributed by atoms with E-state index >= 15 is 0 Å². The lowest BCUT2D eigenvalue weighted by atomic mass is 10.3. The Kier molecular flexibility index (Phi) is 3.94. The van der Waals surface area contributed by atoms with E-state index in [2.05, 4.69) is 25.9 Å². The van der Waals surface area contributed by atoms with Crippen LogP contribution in [0.5, 0.6) is 0 Å². The Bertz CT molecular complexity index is 489. The number of imidazole rings is 1. The SMILES string of the molecule is CN(C)c1ncc(CNCc2cccnc2)n1C. The van der Waals surface area contributed by atoms with Gasteiger partial charge in [-0.3, -0.25) is 4.98 Å². The lowest BCUT2D eigenvalue weighted by molar-refractivity contribution is 0.653. The van der Waals surface area contributed by atoms with Gasteiger partial charge in [0.2, 0.25) is 5.95 Å². The Labute approximate surface area is 107 Å². The number of hydrogen-bond donors (Lipinski definition) is 1. The van der Waals surface area contributed by atoms with E-state index in [-0.39, 0.29) is 0 Å². The maximum absolute atomic E-state index is 4.38. The van der Waals surface area contributed by atoms with Crippen molar-refractivity contribution >= 4 is 5.95 Å². The lowest BCUT2D eigenvalue weighted by Gasteiger charge is -2.12. The summed E-state index contributed by atoms with van der Waals surface area (Å²) in [4.78, 5) is 10.5. The van der Waals surface area contributed by atoms with Crippen LogP contribution in [0.1, 0.15) is 11.3 Å². The van der Waals surface area contributed by atoms with Gasteiger partial charge in [0.15, 0.2) is 0 Å². The minimum atomic E-state index is 0.798. The summed E-state index contributed by atoms with van der Waals surface area (Å²) in [5.74, 6) is 0.966. The van der Waals surface area contributed by atoms with Crippen molar-refractivity contribution in [2.75, 3.05) is 19.0 Å². The molecule has 5 heteroatoms. The summed E-state index contributed by atoms with van der Waals surface area (Å²) in [6.07, 6.45) is 5.57. The highest BCUT2D eigenvalue weighted by Crippen LogP contribution is 2.10. The van der Waals surface area contributed by atoms with E-state index < -0.39 is 0 Å². The molecule has 0 aliphatic heterocycles. The fraction of sp³-hybridized carbons (Fsp3) is 0.385. The first-order valence-electron chi connectivity index (χ1n) is 5.96. The number of anilines is 1. The van der Waals surface area contributed by atoms with Crippen LogP contribution >= 0.6 is 0 Å². The molecule has 0 aromatic carbocycles. The van der Waals surface area contributed by atoms with Crippen LogP contribution in [0.25, 0.3) is 0 Å². The summed E-state index contributed by atoms with van der Waals surface area (Å²) in [5, 5.41) is 3.39. The van der Waals surface area contributed by atoms with Crippen LogP contribution in [0.4, 0.5) is 5.95 Å². The maximum atomic E-state index is 4.38. The monoisotopic (exact) mass is 245 g/mol. The molecular weight excluding hydrogens is 226 g/mol. The van der Waals surface area contributed by atoms with Crippen molar-refractivity contribution in [3.05, 3.63) is 42.0 Å². The summed E-state index contributed by atoms with van der Waals surface area (Å²) in [6.45, 7) is 1.61. The van der Waals surface area contributed by atoms with Gasteiger partial charge in [-0.15, -0.1) is 0 Å². The van der Waals surface area contributed by atoms with Gasteiger partial charge in [-0.25, -0.2) is 4.98 Å². The highest BCUT2D eigenvalue weighted by atomic mass is 15.3. The Balaban J connectivity index is 1.91. The molecule has 0 aliphatic rings. The zero-order chi connectivity index (χ0) is 13.0. The fourth-order valence-corrected chi connectivity index (χ4v) is 1.85. The van der Waals surface area contributed by atoms with E-state index in [1.165, 1.54) is 11.3 Å². The van der Waals surface area contributed by atoms with Gasteiger partial charge in [-0.2, -0.15) is 0 Å². The average molecular weight is 245 g/mol. The van der Waals surface area contributed by atoms with Crippen LogP contribution in [0.2, 0.25) is 0 Å². The maximum Gasteiger partial charge on any atom is 0.204 e. The van der Waals surface area contributed by atoms with E-state index in [4.69, 9.17) is 0 Å². The van der Waals surface area contributed by atoms with Gasteiger partial charge in [0, 0.05) is 46.6 Å². The molecule has 2 aromatic heterocycles. The van der Waals surface area contributed by atoms with Gasteiger partial charge in [0.25, 0.3) is 0 Å². The molecule has 2 rings (SSSR count). The zero-order valence-corrected chi connectivity index (χ0v) is 11.1. The average Bonchev–Trinajstić information content (AvgIpc) is 2.73. The van der Waals surface area contributed by atoms with E-state index in [1.54, 1.807) is 6.20 Å². The summed E-state index contributed by atoms with van der Waals surface area (Å²) in [6, 6.07) is 4.01. The largest absolute Gasteiger partial charge is 0.348 e. The number of pyridine rings is 1. The Morgan fingerprint density at radius 3 is 2.72 bits per heavy atom. The first kappa shape index (κ1) is 12.6. The van der Waals surface area contributed by atoms with Crippen molar-refractivity contribution < 1.29 is 0 Å². The molecule has 1 N–H and O–H groups in total. The van der Waals surface area contributed by atoms with Crippen LogP contribution in [-0.2, 0) is 20.1 Å². The number of nitrogens with one attached hydrogen (secondary N) is 1. The topological polar surface area (TPSA) is 46.0 Å². The van der Waals surface area contributed by atoms with Crippen molar-refractivity contribution in [1.29, 1.82) is 0 Å². The predicted octanol–water partition coefficient (Wildman–Crippen LogP) is 1.17. The Morgan fingerprint density at radius 2 is 2.11 bits per heavy atom. The minimum Gasteiger partial charge on any atom is -0.348 e. The van der Waals surface area contributed by atoms with Crippen LogP contribution < -0.4 is 10.2 Å². The molecule has 96 valence electrons. The standard InChI is InChI=1S/C13H19N5/c1-17(2)13-16-10-12(18(13)3)9-15-8-11-5-4-6-14-7-11/h4-7,10,15H,8-9H2,1-3H3. The molecule has 0 fully saturated rings. The zero-order valence-electron chi connectivity index (χ0n) is 11.1.